The Bertz CT molecular complexity index is 1160. The van der Waals surface area contributed by atoms with E-state index in [4.69, 9.17) is 9.72 Å². The minimum absolute atomic E-state index is 0.150. The van der Waals surface area contributed by atoms with E-state index < -0.39 is 5.97 Å². The summed E-state index contributed by atoms with van der Waals surface area (Å²) < 4.78 is 7.36. The summed E-state index contributed by atoms with van der Waals surface area (Å²) in [5, 5.41) is 13.6. The van der Waals surface area contributed by atoms with Crippen LogP contribution in [0.4, 0.5) is 0 Å². The molecule has 0 radical (unpaired) electrons. The molecule has 3 aromatic rings. The van der Waals surface area contributed by atoms with Crippen molar-refractivity contribution in [1.82, 2.24) is 19.7 Å². The van der Waals surface area contributed by atoms with Gasteiger partial charge >= 0.3 is 5.97 Å². The number of aromatic amines is 1. The number of nitrogens with one attached hydrogen (secondary N) is 1. The number of aromatic nitrogens is 4. The molecular formula is C22H26N4O4. The van der Waals surface area contributed by atoms with E-state index in [1.54, 1.807) is 11.7 Å². The maximum atomic E-state index is 12.8. The first-order valence-corrected chi connectivity index (χ1v) is 10.4. The standard InChI is InChI=1S/C22H26N4O4/c1-4-6-16-18-19(26(3)25-16)21(27)24-20(23-18)15-10-12(7-8-17(15)30-5-2)9-13-11-14(13)22(28)29/h7-8,10,13-14H,4-6,9,11H2,1-3H3,(H,28,29)(H,23,24,27). The van der Waals surface area contributed by atoms with Crippen LogP contribution in [0.1, 0.15) is 37.9 Å². The summed E-state index contributed by atoms with van der Waals surface area (Å²) in [5.74, 6) is 0.227. The van der Waals surface area contributed by atoms with Gasteiger partial charge in [0.2, 0.25) is 0 Å². The van der Waals surface area contributed by atoms with Gasteiger partial charge in [-0.3, -0.25) is 14.3 Å². The molecule has 1 saturated carbocycles. The zero-order valence-electron chi connectivity index (χ0n) is 17.4. The van der Waals surface area contributed by atoms with E-state index in [0.717, 1.165) is 24.1 Å². The van der Waals surface area contributed by atoms with E-state index in [-0.39, 0.29) is 17.4 Å². The molecule has 2 N–H and O–H groups in total. The summed E-state index contributed by atoms with van der Waals surface area (Å²) >= 11 is 0. The predicted octanol–water partition coefficient (Wildman–Crippen LogP) is 2.94. The molecule has 0 aliphatic heterocycles. The summed E-state index contributed by atoms with van der Waals surface area (Å²) in [5.41, 5.74) is 3.34. The van der Waals surface area contributed by atoms with Crippen molar-refractivity contribution in [2.45, 2.75) is 39.5 Å². The van der Waals surface area contributed by atoms with Crippen LogP contribution < -0.4 is 10.3 Å². The highest BCUT2D eigenvalue weighted by Crippen LogP contribution is 2.42. The first-order chi connectivity index (χ1) is 14.4. The van der Waals surface area contributed by atoms with Gasteiger partial charge in [0.15, 0.2) is 5.52 Å². The lowest BCUT2D eigenvalue weighted by molar-refractivity contribution is -0.138. The van der Waals surface area contributed by atoms with Gasteiger partial charge in [0.05, 0.1) is 23.8 Å². The number of aliphatic carboxylic acids is 1. The first kappa shape index (κ1) is 20.1. The number of ether oxygens (including phenoxy) is 1. The third kappa shape index (κ3) is 3.69. The van der Waals surface area contributed by atoms with Gasteiger partial charge in [-0.25, -0.2) is 4.98 Å². The molecule has 1 aliphatic rings. The smallest absolute Gasteiger partial charge is 0.306 e. The largest absolute Gasteiger partial charge is 0.493 e. The molecule has 0 amide bonds. The van der Waals surface area contributed by atoms with E-state index in [0.29, 0.717) is 47.6 Å². The van der Waals surface area contributed by atoms with E-state index in [1.807, 2.05) is 25.1 Å². The molecule has 0 saturated heterocycles. The number of benzene rings is 1. The number of carbonyl (C=O) groups is 1. The van der Waals surface area contributed by atoms with Crippen LogP contribution in [0.2, 0.25) is 0 Å². The van der Waals surface area contributed by atoms with Gasteiger partial charge in [-0.2, -0.15) is 5.10 Å². The van der Waals surface area contributed by atoms with Gasteiger partial charge in [0, 0.05) is 7.05 Å². The van der Waals surface area contributed by atoms with Crippen molar-refractivity contribution in [2.75, 3.05) is 6.61 Å². The Morgan fingerprint density at radius 3 is 2.83 bits per heavy atom. The van der Waals surface area contributed by atoms with E-state index in [9.17, 15) is 14.7 Å². The van der Waals surface area contributed by atoms with Crippen molar-refractivity contribution in [3.05, 3.63) is 39.8 Å². The van der Waals surface area contributed by atoms with Crippen molar-refractivity contribution in [1.29, 1.82) is 0 Å². The lowest BCUT2D eigenvalue weighted by atomic mass is 10.0. The molecule has 2 aromatic heterocycles. The second-order valence-corrected chi connectivity index (χ2v) is 7.84. The van der Waals surface area contributed by atoms with E-state index in [1.165, 1.54) is 0 Å². The lowest BCUT2D eigenvalue weighted by Gasteiger charge is -2.12. The molecule has 0 bridgehead atoms. The zero-order chi connectivity index (χ0) is 21.4. The van der Waals surface area contributed by atoms with Gasteiger partial charge in [-0.1, -0.05) is 19.4 Å². The average molecular weight is 410 g/mol. The Balaban J connectivity index is 1.78. The zero-order valence-corrected chi connectivity index (χ0v) is 17.4. The first-order valence-electron chi connectivity index (χ1n) is 10.4. The summed E-state index contributed by atoms with van der Waals surface area (Å²) in [4.78, 5) is 31.6. The van der Waals surface area contributed by atoms with Crippen LogP contribution in [0.5, 0.6) is 5.75 Å². The molecule has 2 heterocycles. The van der Waals surface area contributed by atoms with Crippen molar-refractivity contribution >= 4 is 17.0 Å². The number of nitrogens with zero attached hydrogens (tertiary/aromatic N) is 3. The van der Waals surface area contributed by atoms with Gasteiger partial charge in [-0.15, -0.1) is 0 Å². The highest BCUT2D eigenvalue weighted by atomic mass is 16.5. The summed E-state index contributed by atoms with van der Waals surface area (Å²) in [6.45, 7) is 4.45. The molecule has 1 aliphatic carbocycles. The van der Waals surface area contributed by atoms with E-state index in [2.05, 4.69) is 17.0 Å². The Kier molecular flexibility index (Phi) is 5.32. The summed E-state index contributed by atoms with van der Waals surface area (Å²) in [6.07, 6.45) is 3.03. The number of carboxylic acids is 1. The molecule has 0 spiro atoms. The fourth-order valence-electron chi connectivity index (χ4n) is 4.03. The fourth-order valence-corrected chi connectivity index (χ4v) is 4.03. The number of carboxylic acid groups (broad SMARTS) is 1. The minimum atomic E-state index is -0.734. The molecular weight excluding hydrogens is 384 g/mol. The molecule has 8 nitrogen and oxygen atoms in total. The van der Waals surface area contributed by atoms with Crippen LogP contribution in [0.3, 0.4) is 0 Å². The van der Waals surface area contributed by atoms with Gasteiger partial charge in [0.25, 0.3) is 5.56 Å². The van der Waals surface area contributed by atoms with Crippen molar-refractivity contribution < 1.29 is 14.6 Å². The predicted molar refractivity (Wildman–Crippen MR) is 113 cm³/mol. The van der Waals surface area contributed by atoms with E-state index >= 15 is 0 Å². The summed E-state index contributed by atoms with van der Waals surface area (Å²) in [6, 6.07) is 5.77. The topological polar surface area (TPSA) is 110 Å². The van der Waals surface area contributed by atoms with Crippen molar-refractivity contribution in [2.24, 2.45) is 18.9 Å². The molecule has 1 fully saturated rings. The Morgan fingerprint density at radius 2 is 2.17 bits per heavy atom. The normalized spacial score (nSPS) is 18.0. The Hall–Kier alpha value is -3.16. The second-order valence-electron chi connectivity index (χ2n) is 7.84. The molecule has 2 unspecified atom stereocenters. The summed E-state index contributed by atoms with van der Waals surface area (Å²) in [7, 11) is 1.75. The fraction of sp³-hybridized carbons (Fsp3) is 0.455. The number of hydrogen-bond donors (Lipinski definition) is 2. The van der Waals surface area contributed by atoms with Crippen LogP contribution in [0.15, 0.2) is 23.0 Å². The molecule has 2 atom stereocenters. The third-order valence-corrected chi connectivity index (χ3v) is 5.59. The lowest BCUT2D eigenvalue weighted by Crippen LogP contribution is -2.13. The monoisotopic (exact) mass is 410 g/mol. The highest BCUT2D eigenvalue weighted by Gasteiger charge is 2.42. The number of fused-ring (bicyclic) bond motifs is 1. The van der Waals surface area contributed by atoms with Gasteiger partial charge in [-0.05, 0) is 49.8 Å². The maximum Gasteiger partial charge on any atom is 0.306 e. The minimum Gasteiger partial charge on any atom is -0.493 e. The van der Waals surface area contributed by atoms with Crippen LogP contribution in [0, 0.1) is 11.8 Å². The number of aryl methyl sites for hydroxylation is 2. The molecule has 4 rings (SSSR count). The molecule has 158 valence electrons. The molecule has 1 aromatic carbocycles. The average Bonchev–Trinajstić information content (AvgIpc) is 3.40. The SMILES string of the molecule is CCCc1nn(C)c2c(=O)[nH]c(-c3cc(CC4CC4C(=O)O)ccc3OCC)nc12. The van der Waals surface area contributed by atoms with Crippen molar-refractivity contribution in [3.63, 3.8) is 0 Å². The van der Waals surface area contributed by atoms with Crippen molar-refractivity contribution in [3.8, 4) is 17.1 Å². The highest BCUT2D eigenvalue weighted by molar-refractivity contribution is 5.80. The third-order valence-electron chi connectivity index (χ3n) is 5.59. The Morgan fingerprint density at radius 1 is 1.37 bits per heavy atom. The van der Waals surface area contributed by atoms with Crippen LogP contribution in [-0.4, -0.2) is 37.4 Å². The number of rotatable bonds is 8. The number of H-pyrrole nitrogens is 1. The quantitative estimate of drug-likeness (QED) is 0.591. The van der Waals surface area contributed by atoms with Crippen LogP contribution in [0.25, 0.3) is 22.4 Å². The van der Waals surface area contributed by atoms with Gasteiger partial charge < -0.3 is 14.8 Å². The second kappa shape index (κ2) is 7.93. The molecule has 30 heavy (non-hydrogen) atoms. The number of hydrogen-bond acceptors (Lipinski definition) is 5. The molecule has 8 heteroatoms. The van der Waals surface area contributed by atoms with Crippen LogP contribution in [-0.2, 0) is 24.7 Å². The maximum absolute atomic E-state index is 12.8. The van der Waals surface area contributed by atoms with Crippen LogP contribution >= 0.6 is 0 Å². The van der Waals surface area contributed by atoms with Gasteiger partial charge in [0.1, 0.15) is 17.1 Å². The Labute approximate surface area is 173 Å².